The Morgan fingerprint density at radius 2 is 1.92 bits per heavy atom. The smallest absolute Gasteiger partial charge is 0.497 e. The van der Waals surface area contributed by atoms with E-state index < -0.39 is 16.6 Å². The first kappa shape index (κ1) is 18.2. The molecule has 1 atom stereocenters. The number of fused-ring (bicyclic) bond motifs is 1. The maximum Gasteiger partial charge on any atom is 0.508 e. The average molecular weight is 385 g/mol. The number of benzene rings is 1. The molecule has 0 aliphatic heterocycles. The van der Waals surface area contributed by atoms with Crippen molar-refractivity contribution in [3.8, 4) is 11.5 Å². The first-order chi connectivity index (χ1) is 12.3. The third-order valence-electron chi connectivity index (χ3n) is 3.55. The fourth-order valence-corrected chi connectivity index (χ4v) is 2.75. The van der Waals surface area contributed by atoms with E-state index in [0.717, 1.165) is 5.56 Å². The quantitative estimate of drug-likeness (QED) is 0.674. The highest BCUT2D eigenvalue weighted by Crippen LogP contribution is 2.30. The third kappa shape index (κ3) is 3.79. The second-order valence-corrected chi connectivity index (χ2v) is 6.51. The molecule has 1 aromatic carbocycles. The normalized spacial score (nSPS) is 13.0. The molecule has 3 rings (SSSR count). The fourth-order valence-electron chi connectivity index (χ4n) is 2.35. The highest BCUT2D eigenvalue weighted by Gasteiger charge is 2.40. The van der Waals surface area contributed by atoms with Gasteiger partial charge in [0.1, 0.15) is 5.75 Å². The molecular weight excluding hydrogens is 371 g/mol. The molecule has 1 unspecified atom stereocenters. The summed E-state index contributed by atoms with van der Waals surface area (Å²) in [7, 11) is 1.56. The van der Waals surface area contributed by atoms with Crippen LogP contribution in [0.25, 0.3) is 11.0 Å². The molecule has 6 nitrogen and oxygen atoms in total. The Morgan fingerprint density at radius 3 is 2.54 bits per heavy atom. The number of aryl methyl sites for hydroxylation is 1. The zero-order valence-electron chi connectivity index (χ0n) is 13.8. The van der Waals surface area contributed by atoms with Crippen molar-refractivity contribution >= 4 is 22.1 Å². The Morgan fingerprint density at radius 1 is 1.23 bits per heavy atom. The van der Waals surface area contributed by atoms with Crippen molar-refractivity contribution < 1.29 is 26.3 Å². The van der Waals surface area contributed by atoms with Gasteiger partial charge in [-0.05, 0) is 24.6 Å². The second-order valence-electron chi connectivity index (χ2n) is 5.41. The molecule has 0 aliphatic rings. The molecule has 0 aliphatic carbocycles. The van der Waals surface area contributed by atoms with E-state index in [9.17, 15) is 17.4 Å². The maximum absolute atomic E-state index is 12.5. The van der Waals surface area contributed by atoms with Crippen molar-refractivity contribution in [2.75, 3.05) is 7.11 Å². The van der Waals surface area contributed by atoms with E-state index in [1.165, 1.54) is 16.9 Å². The van der Waals surface area contributed by atoms with Gasteiger partial charge in [0, 0.05) is 11.8 Å². The number of halogens is 3. The Bertz CT molecular complexity index is 955. The number of methoxy groups -OCH3 is 1. The van der Waals surface area contributed by atoms with Crippen LogP contribution in [0.4, 0.5) is 13.2 Å². The summed E-state index contributed by atoms with van der Waals surface area (Å²) >= 11 is -3.46. The standard InChI is InChI=1S/C16H14F3N3O3S/c1-10-7-14(25-26(23)16(17,18)19)13-8-20-22(15(13)21-10)9-11-3-5-12(24-2)6-4-11/h3-8H,9H2,1-2H3. The highest BCUT2D eigenvalue weighted by atomic mass is 32.2. The van der Waals surface area contributed by atoms with Crippen molar-refractivity contribution in [2.45, 2.75) is 19.0 Å². The zero-order chi connectivity index (χ0) is 18.9. The molecule has 0 saturated carbocycles. The van der Waals surface area contributed by atoms with Gasteiger partial charge in [-0.3, -0.25) is 0 Å². The number of nitrogens with zero attached hydrogens (tertiary/aromatic N) is 3. The molecule has 0 saturated heterocycles. The molecule has 0 amide bonds. The van der Waals surface area contributed by atoms with E-state index in [1.807, 2.05) is 12.1 Å². The molecule has 0 fully saturated rings. The summed E-state index contributed by atoms with van der Waals surface area (Å²) in [4.78, 5) is 4.31. The van der Waals surface area contributed by atoms with Gasteiger partial charge in [0.15, 0.2) is 11.4 Å². The fraction of sp³-hybridized carbons (Fsp3) is 0.250. The lowest BCUT2D eigenvalue weighted by Crippen LogP contribution is -2.21. The molecule has 10 heteroatoms. The molecule has 26 heavy (non-hydrogen) atoms. The second kappa shape index (κ2) is 6.94. The van der Waals surface area contributed by atoms with Crippen molar-refractivity contribution in [1.29, 1.82) is 0 Å². The molecule has 138 valence electrons. The number of ether oxygens (including phenoxy) is 1. The van der Waals surface area contributed by atoms with Gasteiger partial charge < -0.3 is 8.92 Å². The monoisotopic (exact) mass is 385 g/mol. The SMILES string of the molecule is COc1ccc(Cn2ncc3c(OS(=O)C(F)(F)F)cc(C)nc32)cc1. The Balaban J connectivity index is 1.94. The van der Waals surface area contributed by atoms with Gasteiger partial charge in [-0.1, -0.05) is 12.1 Å². The minimum atomic E-state index is -4.97. The topological polar surface area (TPSA) is 66.2 Å². The molecule has 2 aromatic heterocycles. The van der Waals surface area contributed by atoms with E-state index in [-0.39, 0.29) is 11.1 Å². The average Bonchev–Trinajstić information content (AvgIpc) is 2.97. The lowest BCUT2D eigenvalue weighted by atomic mass is 10.2. The maximum atomic E-state index is 12.5. The third-order valence-corrected chi connectivity index (χ3v) is 4.25. The summed E-state index contributed by atoms with van der Waals surface area (Å²) in [5, 5.41) is 4.42. The van der Waals surface area contributed by atoms with Gasteiger partial charge in [0.05, 0.1) is 25.2 Å². The number of hydrogen-bond donors (Lipinski definition) is 0. The summed E-state index contributed by atoms with van der Waals surface area (Å²) in [6.07, 6.45) is 1.34. The molecular formula is C16H14F3N3O3S. The van der Waals surface area contributed by atoms with E-state index in [2.05, 4.69) is 14.3 Å². The van der Waals surface area contributed by atoms with Gasteiger partial charge in [0.25, 0.3) is 0 Å². The Hall–Kier alpha value is -2.62. The zero-order valence-corrected chi connectivity index (χ0v) is 14.6. The van der Waals surface area contributed by atoms with Crippen LogP contribution in [0.5, 0.6) is 11.5 Å². The van der Waals surface area contributed by atoms with Crippen LogP contribution in [-0.4, -0.2) is 31.6 Å². The summed E-state index contributed by atoms with van der Waals surface area (Å²) in [6, 6.07) is 8.57. The van der Waals surface area contributed by atoms with Crippen molar-refractivity contribution in [2.24, 2.45) is 0 Å². The summed E-state index contributed by atoms with van der Waals surface area (Å²) in [6.45, 7) is 1.96. The first-order valence-corrected chi connectivity index (χ1v) is 8.48. The van der Waals surface area contributed by atoms with Crippen LogP contribution in [0.2, 0.25) is 0 Å². The first-order valence-electron chi connectivity index (χ1n) is 7.41. The van der Waals surface area contributed by atoms with Gasteiger partial charge in [0.2, 0.25) is 0 Å². The van der Waals surface area contributed by atoms with Crippen molar-refractivity contribution in [1.82, 2.24) is 14.8 Å². The van der Waals surface area contributed by atoms with Crippen molar-refractivity contribution in [3.63, 3.8) is 0 Å². The van der Waals surface area contributed by atoms with Crippen LogP contribution in [-0.2, 0) is 17.6 Å². The van der Waals surface area contributed by atoms with Gasteiger partial charge in [-0.15, -0.1) is 0 Å². The summed E-state index contributed by atoms with van der Waals surface area (Å²) in [5.74, 6) is 0.530. The van der Waals surface area contributed by atoms with Crippen LogP contribution < -0.4 is 8.92 Å². The minimum absolute atomic E-state index is 0.177. The number of hydrogen-bond acceptors (Lipinski definition) is 5. The lowest BCUT2D eigenvalue weighted by Gasteiger charge is -2.09. The van der Waals surface area contributed by atoms with Crippen LogP contribution in [0, 0.1) is 6.92 Å². The Kier molecular flexibility index (Phi) is 4.86. The van der Waals surface area contributed by atoms with E-state index >= 15 is 0 Å². The van der Waals surface area contributed by atoms with Crippen LogP contribution in [0.15, 0.2) is 36.5 Å². The van der Waals surface area contributed by atoms with Crippen LogP contribution >= 0.6 is 0 Å². The predicted molar refractivity (Wildman–Crippen MR) is 89.2 cm³/mol. The highest BCUT2D eigenvalue weighted by molar-refractivity contribution is 7.81. The number of rotatable bonds is 5. The van der Waals surface area contributed by atoms with E-state index in [1.54, 1.807) is 26.2 Å². The van der Waals surface area contributed by atoms with E-state index in [4.69, 9.17) is 4.74 Å². The van der Waals surface area contributed by atoms with Gasteiger partial charge in [-0.2, -0.15) is 18.3 Å². The number of aromatic nitrogens is 3. The van der Waals surface area contributed by atoms with Gasteiger partial charge in [-0.25, -0.2) is 13.9 Å². The van der Waals surface area contributed by atoms with Crippen LogP contribution in [0.3, 0.4) is 0 Å². The number of alkyl halides is 3. The van der Waals surface area contributed by atoms with Gasteiger partial charge >= 0.3 is 16.6 Å². The molecule has 0 radical (unpaired) electrons. The molecule has 0 spiro atoms. The van der Waals surface area contributed by atoms with Crippen molar-refractivity contribution in [3.05, 3.63) is 47.8 Å². The van der Waals surface area contributed by atoms with E-state index in [0.29, 0.717) is 23.6 Å². The predicted octanol–water partition coefficient (Wildman–Crippen LogP) is 3.36. The molecule has 0 N–H and O–H groups in total. The number of pyridine rings is 1. The van der Waals surface area contributed by atoms with Crippen LogP contribution in [0.1, 0.15) is 11.3 Å². The Labute approximate surface area is 149 Å². The lowest BCUT2D eigenvalue weighted by molar-refractivity contribution is -0.0437. The molecule has 2 heterocycles. The summed E-state index contributed by atoms with van der Waals surface area (Å²) < 4.78 is 60.0. The molecule has 0 bridgehead atoms. The minimum Gasteiger partial charge on any atom is -0.497 e. The summed E-state index contributed by atoms with van der Waals surface area (Å²) in [5.41, 5.74) is -3.30. The molecule has 3 aromatic rings. The largest absolute Gasteiger partial charge is 0.508 e.